The van der Waals surface area contributed by atoms with Gasteiger partial charge in [0.2, 0.25) is 5.91 Å². The molecule has 1 aromatic heterocycles. The first-order valence-corrected chi connectivity index (χ1v) is 16.6. The maximum absolute atomic E-state index is 13.6. The van der Waals surface area contributed by atoms with Gasteiger partial charge in [0.15, 0.2) is 0 Å². The predicted molar refractivity (Wildman–Crippen MR) is 198 cm³/mol. The maximum atomic E-state index is 13.6. The average Bonchev–Trinajstić information content (AvgIpc) is 3.64. The van der Waals surface area contributed by atoms with Crippen molar-refractivity contribution in [1.29, 1.82) is 0 Å². The zero-order valence-electron chi connectivity index (χ0n) is 26.9. The van der Waals surface area contributed by atoms with Crippen LogP contribution in [-0.2, 0) is 9.59 Å². The first-order chi connectivity index (χ1) is 24.8. The third kappa shape index (κ3) is 9.05. The molecule has 6 aromatic rings. The number of nitrogens with one attached hydrogen (secondary N) is 3. The molecule has 0 fully saturated rings. The summed E-state index contributed by atoms with van der Waals surface area (Å²) in [6, 6.07) is 43.4. The van der Waals surface area contributed by atoms with Crippen LogP contribution in [0.3, 0.4) is 0 Å². The number of rotatable bonds is 12. The topological polar surface area (TPSA) is 144 Å². The molecule has 0 saturated carbocycles. The Morgan fingerprint density at radius 3 is 1.92 bits per heavy atom. The van der Waals surface area contributed by atoms with E-state index in [0.717, 1.165) is 16.0 Å². The van der Waals surface area contributed by atoms with E-state index in [2.05, 4.69) is 16.0 Å². The van der Waals surface area contributed by atoms with E-state index >= 15 is 0 Å². The Morgan fingerprint density at radius 2 is 1.27 bits per heavy atom. The number of thioether (sulfide) groups is 1. The number of benzene rings is 5. The van der Waals surface area contributed by atoms with E-state index in [0.29, 0.717) is 28.5 Å². The molecule has 3 N–H and O–H groups in total. The molecule has 51 heavy (non-hydrogen) atoms. The molecule has 3 amide bonds. The number of nitro benzene ring substituents is 1. The van der Waals surface area contributed by atoms with Crippen LogP contribution in [0.25, 0.3) is 17.4 Å². The maximum Gasteiger partial charge on any atom is 0.272 e. The number of nitro groups is 1. The standard InChI is InChI=1S/C40H30N4O6S/c45-38(29-14-8-3-9-15-29)43-35(26-33-22-25-36(50-33)27-10-4-1-5-11-27)39(46)41-31-18-23-34(24-19-31)51-37(28-12-6-2-7-13-28)40(47)42-30-16-20-32(21-17-30)44(48)49/h1-26,37H,(H,41,46)(H,42,47)(H,43,45)/b35-26-/t37-/m0/s1. The monoisotopic (exact) mass is 694 g/mol. The Labute approximate surface area is 297 Å². The van der Waals surface area contributed by atoms with Gasteiger partial charge in [-0.25, -0.2) is 0 Å². The molecule has 252 valence electrons. The number of furan rings is 1. The van der Waals surface area contributed by atoms with Crippen molar-refractivity contribution in [2.75, 3.05) is 10.6 Å². The Balaban J connectivity index is 1.19. The van der Waals surface area contributed by atoms with Crippen molar-refractivity contribution < 1.29 is 23.7 Å². The molecule has 0 saturated heterocycles. The highest BCUT2D eigenvalue weighted by atomic mass is 32.2. The van der Waals surface area contributed by atoms with Gasteiger partial charge in [-0.1, -0.05) is 78.9 Å². The van der Waals surface area contributed by atoms with Crippen molar-refractivity contribution in [3.8, 4) is 11.3 Å². The zero-order valence-corrected chi connectivity index (χ0v) is 27.7. The number of non-ortho nitro benzene ring substituents is 1. The fourth-order valence-electron chi connectivity index (χ4n) is 5.00. The number of carbonyl (C=O) groups is 3. The van der Waals surface area contributed by atoms with Crippen LogP contribution < -0.4 is 16.0 Å². The summed E-state index contributed by atoms with van der Waals surface area (Å²) in [5.41, 5.74) is 2.80. The van der Waals surface area contributed by atoms with Crippen LogP contribution >= 0.6 is 11.8 Å². The van der Waals surface area contributed by atoms with Gasteiger partial charge in [0.25, 0.3) is 17.5 Å². The van der Waals surface area contributed by atoms with Crippen LogP contribution in [0, 0.1) is 10.1 Å². The molecule has 0 aliphatic heterocycles. The second-order valence-corrected chi connectivity index (χ2v) is 12.3. The van der Waals surface area contributed by atoms with Gasteiger partial charge in [0.1, 0.15) is 22.5 Å². The molecular weight excluding hydrogens is 665 g/mol. The second-order valence-electron chi connectivity index (χ2n) is 11.1. The second kappa shape index (κ2) is 16.1. The third-order valence-corrected chi connectivity index (χ3v) is 8.82. The van der Waals surface area contributed by atoms with E-state index in [9.17, 15) is 24.5 Å². The minimum Gasteiger partial charge on any atom is -0.457 e. The highest BCUT2D eigenvalue weighted by molar-refractivity contribution is 8.00. The molecule has 5 aromatic carbocycles. The lowest BCUT2D eigenvalue weighted by Crippen LogP contribution is -2.30. The first kappa shape index (κ1) is 34.2. The zero-order chi connectivity index (χ0) is 35.6. The average molecular weight is 695 g/mol. The molecule has 0 aliphatic rings. The van der Waals surface area contributed by atoms with Crippen LogP contribution in [0.2, 0.25) is 0 Å². The molecule has 0 spiro atoms. The van der Waals surface area contributed by atoms with E-state index < -0.39 is 22.0 Å². The van der Waals surface area contributed by atoms with Gasteiger partial charge in [-0.3, -0.25) is 24.5 Å². The number of nitrogens with zero attached hydrogens (tertiary/aromatic N) is 1. The van der Waals surface area contributed by atoms with Gasteiger partial charge >= 0.3 is 0 Å². The molecule has 1 heterocycles. The molecule has 10 nitrogen and oxygen atoms in total. The van der Waals surface area contributed by atoms with Crippen molar-refractivity contribution in [2.24, 2.45) is 0 Å². The summed E-state index contributed by atoms with van der Waals surface area (Å²) < 4.78 is 5.98. The van der Waals surface area contributed by atoms with E-state index in [1.165, 1.54) is 42.1 Å². The van der Waals surface area contributed by atoms with Crippen LogP contribution in [0.5, 0.6) is 0 Å². The number of hydrogen-bond acceptors (Lipinski definition) is 7. The van der Waals surface area contributed by atoms with Crippen molar-refractivity contribution in [3.63, 3.8) is 0 Å². The molecule has 0 radical (unpaired) electrons. The summed E-state index contributed by atoms with van der Waals surface area (Å²) in [6.45, 7) is 0. The van der Waals surface area contributed by atoms with Crippen LogP contribution in [0.1, 0.15) is 26.9 Å². The lowest BCUT2D eigenvalue weighted by atomic mass is 10.1. The summed E-state index contributed by atoms with van der Waals surface area (Å²) in [7, 11) is 0. The Morgan fingerprint density at radius 1 is 0.686 bits per heavy atom. The summed E-state index contributed by atoms with van der Waals surface area (Å²) in [6.07, 6.45) is 1.47. The summed E-state index contributed by atoms with van der Waals surface area (Å²) in [5.74, 6) is -0.355. The molecule has 0 aliphatic carbocycles. The lowest BCUT2D eigenvalue weighted by molar-refractivity contribution is -0.384. The number of carbonyl (C=O) groups excluding carboxylic acids is 3. The normalized spacial score (nSPS) is 11.6. The quantitative estimate of drug-likeness (QED) is 0.0503. The minimum atomic E-state index is -0.654. The van der Waals surface area contributed by atoms with Crippen molar-refractivity contribution in [2.45, 2.75) is 10.1 Å². The van der Waals surface area contributed by atoms with E-state index in [4.69, 9.17) is 4.42 Å². The van der Waals surface area contributed by atoms with Gasteiger partial charge in [0.05, 0.1) is 4.92 Å². The minimum absolute atomic E-state index is 0.0247. The Bertz CT molecular complexity index is 2170. The molecule has 11 heteroatoms. The smallest absolute Gasteiger partial charge is 0.272 e. The van der Waals surface area contributed by atoms with Crippen molar-refractivity contribution >= 4 is 52.6 Å². The SMILES string of the molecule is O=C(Nc1ccc(S[C@H](C(=O)Nc2ccc([N+](=O)[O-])cc2)c2ccccc2)cc1)/C(=C/c1ccc(-c2ccccc2)o1)NC(=O)c1ccccc1. The fourth-order valence-corrected chi connectivity index (χ4v) is 6.02. The number of amides is 3. The summed E-state index contributed by atoms with van der Waals surface area (Å²) >= 11 is 1.31. The van der Waals surface area contributed by atoms with Crippen LogP contribution in [-0.4, -0.2) is 22.6 Å². The first-order valence-electron chi connectivity index (χ1n) is 15.7. The molecular formula is C40H30N4O6S. The number of hydrogen-bond donors (Lipinski definition) is 3. The Hall–Kier alpha value is -6.72. The third-order valence-electron chi connectivity index (χ3n) is 7.55. The highest BCUT2D eigenvalue weighted by Crippen LogP contribution is 2.37. The highest BCUT2D eigenvalue weighted by Gasteiger charge is 2.23. The van der Waals surface area contributed by atoms with Gasteiger partial charge in [0, 0.05) is 45.6 Å². The largest absolute Gasteiger partial charge is 0.457 e. The van der Waals surface area contributed by atoms with Crippen LogP contribution in [0.15, 0.2) is 167 Å². The molecule has 1 atom stereocenters. The predicted octanol–water partition coefficient (Wildman–Crippen LogP) is 8.74. The van der Waals surface area contributed by atoms with Crippen molar-refractivity contribution in [1.82, 2.24) is 5.32 Å². The van der Waals surface area contributed by atoms with E-state index in [1.807, 2.05) is 60.7 Å². The molecule has 6 rings (SSSR count). The molecule has 0 bridgehead atoms. The lowest BCUT2D eigenvalue weighted by Gasteiger charge is -2.17. The van der Waals surface area contributed by atoms with E-state index in [-0.39, 0.29) is 17.3 Å². The van der Waals surface area contributed by atoms with Crippen LogP contribution in [0.4, 0.5) is 17.1 Å². The summed E-state index contributed by atoms with van der Waals surface area (Å²) in [4.78, 5) is 51.4. The summed E-state index contributed by atoms with van der Waals surface area (Å²) in [5, 5.41) is 18.8. The van der Waals surface area contributed by atoms with E-state index in [1.54, 1.807) is 66.7 Å². The number of anilines is 2. The van der Waals surface area contributed by atoms with Gasteiger partial charge in [-0.15, -0.1) is 11.8 Å². The van der Waals surface area contributed by atoms with Gasteiger partial charge < -0.3 is 20.4 Å². The van der Waals surface area contributed by atoms with Crippen molar-refractivity contribution in [3.05, 3.63) is 184 Å². The Kier molecular flexibility index (Phi) is 10.8. The van der Waals surface area contributed by atoms with Gasteiger partial charge in [-0.2, -0.15) is 0 Å². The van der Waals surface area contributed by atoms with Gasteiger partial charge in [-0.05, 0) is 66.2 Å². The fraction of sp³-hybridized carbons (Fsp3) is 0.0250. The molecule has 0 unspecified atom stereocenters.